The van der Waals surface area contributed by atoms with Crippen molar-refractivity contribution in [2.45, 2.75) is 6.92 Å². The molecule has 0 heterocycles. The van der Waals surface area contributed by atoms with Crippen molar-refractivity contribution in [2.24, 2.45) is 0 Å². The standard InChI is InChI=1S/C9H8Cl2O/c1-6(9(10)11)7-4-2-3-5-8(7)12/h2-5,12H,1H3/p-1. The first-order valence-electron chi connectivity index (χ1n) is 3.41. The highest BCUT2D eigenvalue weighted by molar-refractivity contribution is 6.58. The van der Waals surface area contributed by atoms with Crippen molar-refractivity contribution in [3.63, 3.8) is 0 Å². The van der Waals surface area contributed by atoms with Crippen molar-refractivity contribution in [3.8, 4) is 5.75 Å². The fraction of sp³-hybridized carbons (Fsp3) is 0.111. The molecule has 0 aliphatic carbocycles. The Balaban J connectivity index is 3.21. The van der Waals surface area contributed by atoms with Crippen molar-refractivity contribution in [1.82, 2.24) is 0 Å². The molecule has 0 fully saturated rings. The normalized spacial score (nSPS) is 9.58. The maximum atomic E-state index is 11.2. The van der Waals surface area contributed by atoms with Gasteiger partial charge in [0.05, 0.1) is 0 Å². The highest BCUT2D eigenvalue weighted by atomic mass is 35.5. The summed E-state index contributed by atoms with van der Waals surface area (Å²) in [5.74, 6) is -0.0613. The first-order chi connectivity index (χ1) is 5.63. The Bertz CT molecular complexity index is 314. The summed E-state index contributed by atoms with van der Waals surface area (Å²) in [6, 6.07) is 6.64. The SMILES string of the molecule is CC(=C(Cl)Cl)c1ccccc1[O-]. The maximum Gasteiger partial charge on any atom is 0.110 e. The predicted octanol–water partition coefficient (Wildman–Crippen LogP) is 2.93. The van der Waals surface area contributed by atoms with E-state index in [1.807, 2.05) is 0 Å². The van der Waals surface area contributed by atoms with Crippen LogP contribution >= 0.6 is 23.2 Å². The van der Waals surface area contributed by atoms with Crippen LogP contribution in [-0.2, 0) is 0 Å². The fourth-order valence-electron chi connectivity index (χ4n) is 0.878. The second-order valence-electron chi connectivity index (χ2n) is 2.38. The van der Waals surface area contributed by atoms with Gasteiger partial charge in [0.15, 0.2) is 0 Å². The van der Waals surface area contributed by atoms with Crippen LogP contribution in [0.15, 0.2) is 28.8 Å². The first-order valence-corrected chi connectivity index (χ1v) is 4.17. The minimum Gasteiger partial charge on any atom is -0.872 e. The molecule has 1 aromatic carbocycles. The van der Waals surface area contributed by atoms with Gasteiger partial charge in [0, 0.05) is 0 Å². The van der Waals surface area contributed by atoms with Crippen LogP contribution in [0.4, 0.5) is 0 Å². The Hall–Kier alpha value is -0.660. The molecule has 12 heavy (non-hydrogen) atoms. The Labute approximate surface area is 81.2 Å². The maximum absolute atomic E-state index is 11.2. The zero-order chi connectivity index (χ0) is 9.14. The smallest absolute Gasteiger partial charge is 0.110 e. The second-order valence-corrected chi connectivity index (χ2v) is 3.33. The lowest BCUT2D eigenvalue weighted by Gasteiger charge is -2.12. The number of benzene rings is 1. The van der Waals surface area contributed by atoms with Crippen molar-refractivity contribution in [3.05, 3.63) is 34.3 Å². The number of hydrogen-bond donors (Lipinski definition) is 0. The minimum absolute atomic E-state index is 0.0613. The van der Waals surface area contributed by atoms with E-state index < -0.39 is 0 Å². The van der Waals surface area contributed by atoms with Gasteiger partial charge >= 0.3 is 0 Å². The number of hydrogen-bond acceptors (Lipinski definition) is 1. The van der Waals surface area contributed by atoms with Gasteiger partial charge in [-0.1, -0.05) is 47.5 Å². The zero-order valence-corrected chi connectivity index (χ0v) is 7.99. The van der Waals surface area contributed by atoms with E-state index >= 15 is 0 Å². The topological polar surface area (TPSA) is 23.1 Å². The lowest BCUT2D eigenvalue weighted by atomic mass is 10.1. The van der Waals surface area contributed by atoms with E-state index in [-0.39, 0.29) is 10.2 Å². The summed E-state index contributed by atoms with van der Waals surface area (Å²) in [5, 5.41) is 11.2. The highest BCUT2D eigenvalue weighted by Crippen LogP contribution is 2.28. The van der Waals surface area contributed by atoms with Crippen LogP contribution < -0.4 is 5.11 Å². The van der Waals surface area contributed by atoms with Crippen molar-refractivity contribution in [1.29, 1.82) is 0 Å². The van der Waals surface area contributed by atoms with E-state index in [4.69, 9.17) is 23.2 Å². The van der Waals surface area contributed by atoms with E-state index in [0.29, 0.717) is 11.1 Å². The van der Waals surface area contributed by atoms with Crippen LogP contribution in [0.2, 0.25) is 0 Å². The van der Waals surface area contributed by atoms with Gasteiger partial charge in [0.25, 0.3) is 0 Å². The van der Waals surface area contributed by atoms with Gasteiger partial charge in [0.2, 0.25) is 0 Å². The average Bonchev–Trinajstić information content (AvgIpc) is 2.04. The lowest BCUT2D eigenvalue weighted by molar-refractivity contribution is -0.268. The molecule has 0 atom stereocenters. The summed E-state index contributed by atoms with van der Waals surface area (Å²) < 4.78 is 0.137. The third kappa shape index (κ3) is 1.93. The van der Waals surface area contributed by atoms with E-state index in [0.717, 1.165) is 0 Å². The van der Waals surface area contributed by atoms with E-state index in [1.54, 1.807) is 25.1 Å². The third-order valence-corrected chi connectivity index (χ3v) is 2.14. The van der Waals surface area contributed by atoms with Gasteiger partial charge in [-0.25, -0.2) is 0 Å². The van der Waals surface area contributed by atoms with Crippen molar-refractivity contribution < 1.29 is 5.11 Å². The second kappa shape index (κ2) is 3.83. The van der Waals surface area contributed by atoms with Crippen LogP contribution in [0, 0.1) is 0 Å². The molecule has 3 heteroatoms. The predicted molar refractivity (Wildman–Crippen MR) is 50.2 cm³/mol. The summed E-state index contributed by atoms with van der Waals surface area (Å²) in [5.41, 5.74) is 1.17. The Morgan fingerprint density at radius 1 is 1.25 bits per heavy atom. The summed E-state index contributed by atoms with van der Waals surface area (Å²) in [6.07, 6.45) is 0. The van der Waals surface area contributed by atoms with Crippen LogP contribution in [-0.4, -0.2) is 0 Å². The fourth-order valence-corrected chi connectivity index (χ4v) is 1.08. The quantitative estimate of drug-likeness (QED) is 0.686. The molecule has 0 N–H and O–H groups in total. The minimum atomic E-state index is -0.0613. The Kier molecular flexibility index (Phi) is 3.01. The Morgan fingerprint density at radius 2 is 1.83 bits per heavy atom. The van der Waals surface area contributed by atoms with Crippen LogP contribution in [0.25, 0.3) is 5.57 Å². The molecule has 0 radical (unpaired) electrons. The summed E-state index contributed by atoms with van der Waals surface area (Å²) in [7, 11) is 0. The van der Waals surface area contributed by atoms with Gasteiger partial charge < -0.3 is 5.11 Å². The third-order valence-electron chi connectivity index (χ3n) is 1.57. The zero-order valence-electron chi connectivity index (χ0n) is 6.47. The number of halogens is 2. The molecule has 1 nitrogen and oxygen atoms in total. The molecule has 1 aromatic rings. The molecule has 0 amide bonds. The molecule has 0 bridgehead atoms. The molecule has 64 valence electrons. The van der Waals surface area contributed by atoms with E-state index in [9.17, 15) is 5.11 Å². The average molecular weight is 202 g/mol. The monoisotopic (exact) mass is 201 g/mol. The number of allylic oxidation sites excluding steroid dienone is 1. The summed E-state index contributed by atoms with van der Waals surface area (Å²) in [4.78, 5) is 0. The highest BCUT2D eigenvalue weighted by Gasteiger charge is 1.99. The first kappa shape index (κ1) is 9.43. The largest absolute Gasteiger partial charge is 0.872 e. The molecular formula is C9H7Cl2O-. The molecule has 0 saturated heterocycles. The molecule has 0 unspecified atom stereocenters. The molecule has 0 aliphatic heterocycles. The van der Waals surface area contributed by atoms with Gasteiger partial charge in [-0.15, -0.1) is 5.75 Å². The molecule has 0 aromatic heterocycles. The Morgan fingerprint density at radius 3 is 2.33 bits per heavy atom. The number of para-hydroxylation sites is 1. The van der Waals surface area contributed by atoms with Gasteiger partial charge in [-0.3, -0.25) is 0 Å². The molecule has 0 aliphatic rings. The van der Waals surface area contributed by atoms with Crippen LogP contribution in [0.3, 0.4) is 0 Å². The number of rotatable bonds is 1. The molecule has 1 rings (SSSR count). The molecular weight excluding hydrogens is 195 g/mol. The van der Waals surface area contributed by atoms with Crippen molar-refractivity contribution >= 4 is 28.8 Å². The van der Waals surface area contributed by atoms with Gasteiger partial charge in [0.1, 0.15) is 4.49 Å². The molecule has 0 spiro atoms. The van der Waals surface area contributed by atoms with Gasteiger partial charge in [-0.2, -0.15) is 0 Å². The van der Waals surface area contributed by atoms with E-state index in [1.165, 1.54) is 6.07 Å². The van der Waals surface area contributed by atoms with Crippen molar-refractivity contribution in [2.75, 3.05) is 0 Å². The van der Waals surface area contributed by atoms with E-state index in [2.05, 4.69) is 0 Å². The summed E-state index contributed by atoms with van der Waals surface area (Å²) >= 11 is 11.1. The lowest BCUT2D eigenvalue weighted by Crippen LogP contribution is -1.94. The van der Waals surface area contributed by atoms with Crippen LogP contribution in [0.5, 0.6) is 5.75 Å². The van der Waals surface area contributed by atoms with Crippen LogP contribution in [0.1, 0.15) is 12.5 Å². The van der Waals surface area contributed by atoms with Gasteiger partial charge in [-0.05, 0) is 18.1 Å². The summed E-state index contributed by atoms with van der Waals surface area (Å²) in [6.45, 7) is 1.71. The molecule has 0 saturated carbocycles.